The summed E-state index contributed by atoms with van der Waals surface area (Å²) in [6.07, 6.45) is 6.24. The van der Waals surface area contributed by atoms with E-state index in [1.54, 1.807) is 0 Å². The second-order valence-corrected chi connectivity index (χ2v) is 6.03. The maximum atomic E-state index is 5.94. The molecule has 102 valence electrons. The number of nitrogens with two attached hydrogens (primary N) is 1. The van der Waals surface area contributed by atoms with E-state index < -0.39 is 0 Å². The largest absolute Gasteiger partial charge is 0.378 e. The van der Waals surface area contributed by atoms with Crippen LogP contribution in [0.1, 0.15) is 46.0 Å². The van der Waals surface area contributed by atoms with Gasteiger partial charge in [-0.05, 0) is 41.4 Å². The van der Waals surface area contributed by atoms with Crippen molar-refractivity contribution in [3.8, 4) is 0 Å². The molecule has 1 atom stereocenters. The first-order valence-corrected chi connectivity index (χ1v) is 7.63. The van der Waals surface area contributed by atoms with Crippen LogP contribution in [0.15, 0.2) is 28.7 Å². The van der Waals surface area contributed by atoms with Gasteiger partial charge >= 0.3 is 0 Å². The van der Waals surface area contributed by atoms with Gasteiger partial charge in [0.25, 0.3) is 0 Å². The number of anilines is 1. The third kappa shape index (κ3) is 4.99. The molecule has 2 nitrogen and oxygen atoms in total. The molecule has 0 aliphatic carbocycles. The van der Waals surface area contributed by atoms with Crippen LogP contribution in [0.25, 0.3) is 0 Å². The minimum atomic E-state index is -0.0163. The highest BCUT2D eigenvalue weighted by atomic mass is 79.9. The van der Waals surface area contributed by atoms with Crippen LogP contribution in [0, 0.1) is 0 Å². The van der Waals surface area contributed by atoms with Gasteiger partial charge in [-0.25, -0.2) is 0 Å². The van der Waals surface area contributed by atoms with Crippen molar-refractivity contribution < 1.29 is 0 Å². The Morgan fingerprint density at radius 1 is 1.22 bits per heavy atom. The van der Waals surface area contributed by atoms with Crippen LogP contribution in [0.5, 0.6) is 0 Å². The van der Waals surface area contributed by atoms with Gasteiger partial charge in [0.05, 0.1) is 0 Å². The van der Waals surface area contributed by atoms with Crippen molar-refractivity contribution in [1.82, 2.24) is 0 Å². The van der Waals surface area contributed by atoms with Crippen LogP contribution in [-0.2, 0) is 0 Å². The predicted molar refractivity (Wildman–Crippen MR) is 84.0 cm³/mol. The molecule has 0 aromatic heterocycles. The molecule has 3 heteroatoms. The van der Waals surface area contributed by atoms with Crippen molar-refractivity contribution in [3.63, 3.8) is 0 Å². The van der Waals surface area contributed by atoms with E-state index in [-0.39, 0.29) is 5.54 Å². The second kappa shape index (κ2) is 7.80. The molecule has 0 saturated carbocycles. The van der Waals surface area contributed by atoms with Gasteiger partial charge in [-0.3, -0.25) is 0 Å². The topological polar surface area (TPSA) is 38.0 Å². The lowest BCUT2D eigenvalue weighted by Crippen LogP contribution is -2.42. The van der Waals surface area contributed by atoms with Gasteiger partial charge in [0.15, 0.2) is 0 Å². The maximum Gasteiger partial charge on any atom is 0.0489 e. The number of para-hydroxylation sites is 1. The molecule has 0 aliphatic rings. The first-order valence-electron chi connectivity index (χ1n) is 6.84. The van der Waals surface area contributed by atoms with E-state index in [9.17, 15) is 0 Å². The molecule has 1 unspecified atom stereocenters. The Kier molecular flexibility index (Phi) is 6.72. The van der Waals surface area contributed by atoms with Crippen LogP contribution in [-0.4, -0.2) is 12.1 Å². The average Bonchev–Trinajstić information content (AvgIpc) is 2.38. The zero-order valence-corrected chi connectivity index (χ0v) is 13.1. The Balaban J connectivity index is 2.56. The van der Waals surface area contributed by atoms with Gasteiger partial charge < -0.3 is 11.1 Å². The quantitative estimate of drug-likeness (QED) is 0.691. The number of hydrogen-bond acceptors (Lipinski definition) is 2. The SMILES string of the molecule is CCCCCCC(C)(CN)Nc1ccccc1Br. The molecule has 0 fully saturated rings. The fourth-order valence-electron chi connectivity index (χ4n) is 2.05. The first-order chi connectivity index (χ1) is 8.61. The minimum Gasteiger partial charge on any atom is -0.378 e. The van der Waals surface area contributed by atoms with Gasteiger partial charge in [-0.1, -0.05) is 44.7 Å². The Bertz CT molecular complexity index is 354. The summed E-state index contributed by atoms with van der Waals surface area (Å²) in [7, 11) is 0. The zero-order chi connectivity index (χ0) is 13.4. The monoisotopic (exact) mass is 312 g/mol. The van der Waals surface area contributed by atoms with E-state index in [4.69, 9.17) is 5.73 Å². The van der Waals surface area contributed by atoms with Crippen molar-refractivity contribution in [2.45, 2.75) is 51.5 Å². The standard InChI is InChI=1S/C15H25BrN2/c1-3-4-5-8-11-15(2,12-17)18-14-10-7-6-9-13(14)16/h6-7,9-10,18H,3-5,8,11-12,17H2,1-2H3. The van der Waals surface area contributed by atoms with Crippen molar-refractivity contribution in [3.05, 3.63) is 28.7 Å². The number of benzene rings is 1. The molecule has 0 saturated heterocycles. The molecule has 1 rings (SSSR count). The molecule has 0 amide bonds. The number of halogens is 1. The predicted octanol–water partition coefficient (Wildman–Crippen LogP) is 4.55. The van der Waals surface area contributed by atoms with Crippen molar-refractivity contribution in [2.75, 3.05) is 11.9 Å². The van der Waals surface area contributed by atoms with Crippen LogP contribution in [0.4, 0.5) is 5.69 Å². The highest BCUT2D eigenvalue weighted by Crippen LogP contribution is 2.27. The molecule has 0 spiro atoms. The second-order valence-electron chi connectivity index (χ2n) is 5.18. The third-order valence-corrected chi connectivity index (χ3v) is 4.03. The highest BCUT2D eigenvalue weighted by molar-refractivity contribution is 9.10. The van der Waals surface area contributed by atoms with Gasteiger partial charge in [0, 0.05) is 22.2 Å². The molecule has 1 aromatic rings. The molecule has 0 aliphatic heterocycles. The number of unbranched alkanes of at least 4 members (excludes halogenated alkanes) is 3. The third-order valence-electron chi connectivity index (χ3n) is 3.34. The van der Waals surface area contributed by atoms with Crippen LogP contribution < -0.4 is 11.1 Å². The smallest absolute Gasteiger partial charge is 0.0489 e. The summed E-state index contributed by atoms with van der Waals surface area (Å²) in [4.78, 5) is 0. The highest BCUT2D eigenvalue weighted by Gasteiger charge is 2.22. The lowest BCUT2D eigenvalue weighted by Gasteiger charge is -2.31. The fourth-order valence-corrected chi connectivity index (χ4v) is 2.43. The zero-order valence-electron chi connectivity index (χ0n) is 11.5. The number of hydrogen-bond donors (Lipinski definition) is 2. The Morgan fingerprint density at radius 3 is 2.56 bits per heavy atom. The summed E-state index contributed by atoms with van der Waals surface area (Å²) in [6.45, 7) is 5.10. The normalized spacial score (nSPS) is 14.2. The van der Waals surface area contributed by atoms with E-state index in [0.29, 0.717) is 6.54 Å². The van der Waals surface area contributed by atoms with E-state index in [0.717, 1.165) is 16.6 Å². The first kappa shape index (κ1) is 15.5. The van der Waals surface area contributed by atoms with Gasteiger partial charge in [0.2, 0.25) is 0 Å². The molecular weight excluding hydrogens is 288 g/mol. The van der Waals surface area contributed by atoms with E-state index >= 15 is 0 Å². The van der Waals surface area contributed by atoms with Crippen LogP contribution in [0.2, 0.25) is 0 Å². The summed E-state index contributed by atoms with van der Waals surface area (Å²) in [6, 6.07) is 8.21. The minimum absolute atomic E-state index is 0.0163. The fraction of sp³-hybridized carbons (Fsp3) is 0.600. The Hall–Kier alpha value is -0.540. The van der Waals surface area contributed by atoms with Gasteiger partial charge in [-0.15, -0.1) is 0 Å². The molecule has 1 aromatic carbocycles. The van der Waals surface area contributed by atoms with Crippen molar-refractivity contribution >= 4 is 21.6 Å². The molecule has 0 heterocycles. The molecule has 0 radical (unpaired) electrons. The van der Waals surface area contributed by atoms with Gasteiger partial charge in [-0.2, -0.15) is 0 Å². The van der Waals surface area contributed by atoms with E-state index in [1.165, 1.54) is 25.7 Å². The Labute approximate surface area is 119 Å². The molecule has 18 heavy (non-hydrogen) atoms. The number of rotatable bonds is 8. The summed E-state index contributed by atoms with van der Waals surface area (Å²) < 4.78 is 1.10. The van der Waals surface area contributed by atoms with Crippen LogP contribution >= 0.6 is 15.9 Å². The summed E-state index contributed by atoms with van der Waals surface area (Å²) in [5.41, 5.74) is 7.05. The molecule has 3 N–H and O–H groups in total. The number of nitrogens with one attached hydrogen (secondary N) is 1. The molecular formula is C15H25BrN2. The Morgan fingerprint density at radius 2 is 1.94 bits per heavy atom. The van der Waals surface area contributed by atoms with Crippen LogP contribution in [0.3, 0.4) is 0 Å². The summed E-state index contributed by atoms with van der Waals surface area (Å²) in [5, 5.41) is 3.58. The lowest BCUT2D eigenvalue weighted by atomic mass is 9.93. The molecule has 0 bridgehead atoms. The van der Waals surface area contributed by atoms with Gasteiger partial charge in [0.1, 0.15) is 0 Å². The maximum absolute atomic E-state index is 5.94. The average molecular weight is 313 g/mol. The van der Waals surface area contributed by atoms with Crippen molar-refractivity contribution in [2.24, 2.45) is 5.73 Å². The summed E-state index contributed by atoms with van der Waals surface area (Å²) >= 11 is 3.57. The van der Waals surface area contributed by atoms with Crippen molar-refractivity contribution in [1.29, 1.82) is 0 Å². The summed E-state index contributed by atoms with van der Waals surface area (Å²) in [5.74, 6) is 0. The lowest BCUT2D eigenvalue weighted by molar-refractivity contribution is 0.451. The van der Waals surface area contributed by atoms with E-state index in [1.807, 2.05) is 12.1 Å². The van der Waals surface area contributed by atoms with E-state index in [2.05, 4.69) is 47.2 Å².